The molecule has 0 aromatic carbocycles. The van der Waals surface area contributed by atoms with Crippen molar-refractivity contribution in [1.29, 1.82) is 5.41 Å². The molecule has 0 radical (unpaired) electrons. The summed E-state index contributed by atoms with van der Waals surface area (Å²) in [4.78, 5) is 0. The second-order valence-corrected chi connectivity index (χ2v) is 1.13. The highest BCUT2D eigenvalue weighted by molar-refractivity contribution is 5.36. The monoisotopic (exact) mass is 113 g/mol. The fourth-order valence-corrected chi connectivity index (χ4v) is 0.303. The smallest absolute Gasteiger partial charge is 0.303 e. The summed E-state index contributed by atoms with van der Waals surface area (Å²) in [5.74, 6) is -0.548. The van der Waals surface area contributed by atoms with Gasteiger partial charge in [-0.1, -0.05) is 4.68 Å². The summed E-state index contributed by atoms with van der Waals surface area (Å²) in [6.45, 7) is 0. The Morgan fingerprint density at radius 1 is 2.00 bits per heavy atom. The molecule has 5 nitrogen and oxygen atoms in total. The zero-order valence-electron chi connectivity index (χ0n) is 3.87. The molecule has 8 heavy (non-hydrogen) atoms. The van der Waals surface area contributed by atoms with Crippen molar-refractivity contribution in [2.45, 2.75) is 0 Å². The first-order chi connectivity index (χ1) is 3.83. The normalized spacial score (nSPS) is 9.00. The van der Waals surface area contributed by atoms with Crippen LogP contribution in [0.25, 0.3) is 0 Å². The highest BCUT2D eigenvalue weighted by Crippen LogP contribution is 1.90. The van der Waals surface area contributed by atoms with Gasteiger partial charge in [0.25, 0.3) is 0 Å². The van der Waals surface area contributed by atoms with Gasteiger partial charge in [-0.2, -0.15) is 0 Å². The standard InChI is InChI=1S/C3H3N3O2/c4-2-6-1-3(7)8-5-6/h1-2,4H. The highest BCUT2D eigenvalue weighted by Gasteiger charge is 1.89. The molecular weight excluding hydrogens is 110 g/mol. The lowest BCUT2D eigenvalue weighted by molar-refractivity contribution is -0.626. The predicted molar refractivity (Wildman–Crippen MR) is 20.3 cm³/mol. The Labute approximate surface area is 44.6 Å². The van der Waals surface area contributed by atoms with E-state index in [2.05, 4.69) is 9.79 Å². The second kappa shape index (κ2) is 1.61. The molecule has 0 amide bonds. The van der Waals surface area contributed by atoms with Gasteiger partial charge >= 0.3 is 6.34 Å². The van der Waals surface area contributed by atoms with Gasteiger partial charge < -0.3 is 9.63 Å². The largest absolute Gasteiger partial charge is 0.541 e. The van der Waals surface area contributed by atoms with Gasteiger partial charge in [0.05, 0.1) is 0 Å². The number of nitrogens with zero attached hydrogens (tertiary/aromatic N) is 2. The molecule has 1 aromatic rings. The molecule has 0 atom stereocenters. The summed E-state index contributed by atoms with van der Waals surface area (Å²) in [5.41, 5.74) is 0. The number of hydrogen-bond acceptors (Lipinski definition) is 4. The van der Waals surface area contributed by atoms with E-state index in [4.69, 9.17) is 5.41 Å². The minimum atomic E-state index is -0.548. The molecule has 0 aliphatic rings. The topological polar surface area (TPSA) is 76.8 Å². The van der Waals surface area contributed by atoms with Crippen molar-refractivity contribution < 1.29 is 14.3 Å². The third kappa shape index (κ3) is 0.651. The van der Waals surface area contributed by atoms with Crippen LogP contribution in [0.15, 0.2) is 10.7 Å². The number of hydrogen-bond donors (Lipinski definition) is 1. The minimum absolute atomic E-state index is 0.548. The third-order valence-corrected chi connectivity index (χ3v) is 0.595. The lowest BCUT2D eigenvalue weighted by atomic mass is 10.9. The van der Waals surface area contributed by atoms with Crippen molar-refractivity contribution >= 4 is 6.34 Å². The van der Waals surface area contributed by atoms with Crippen LogP contribution >= 0.6 is 0 Å². The van der Waals surface area contributed by atoms with Gasteiger partial charge in [-0.3, -0.25) is 0 Å². The second-order valence-electron chi connectivity index (χ2n) is 1.13. The van der Waals surface area contributed by atoms with Crippen LogP contribution in [-0.2, 0) is 0 Å². The Hall–Kier alpha value is -1.39. The first-order valence-corrected chi connectivity index (χ1v) is 1.88. The molecule has 0 bridgehead atoms. The maximum absolute atomic E-state index is 10.1. The third-order valence-electron chi connectivity index (χ3n) is 0.595. The summed E-state index contributed by atoms with van der Waals surface area (Å²) in [6, 6.07) is 0. The van der Waals surface area contributed by atoms with Crippen LogP contribution in [0.1, 0.15) is 0 Å². The van der Waals surface area contributed by atoms with Crippen LogP contribution in [0.4, 0.5) is 0 Å². The van der Waals surface area contributed by atoms with E-state index in [1.165, 1.54) is 0 Å². The molecule has 0 saturated carbocycles. The van der Waals surface area contributed by atoms with Gasteiger partial charge in [-0.25, -0.2) is 0 Å². The van der Waals surface area contributed by atoms with Crippen molar-refractivity contribution in [1.82, 2.24) is 5.27 Å². The lowest BCUT2D eigenvalue weighted by Crippen LogP contribution is -2.33. The molecule has 1 rings (SSSR count). The van der Waals surface area contributed by atoms with Crippen LogP contribution in [-0.4, -0.2) is 11.6 Å². The quantitative estimate of drug-likeness (QED) is 0.273. The average molecular weight is 113 g/mol. The van der Waals surface area contributed by atoms with E-state index in [-0.39, 0.29) is 0 Å². The summed E-state index contributed by atoms with van der Waals surface area (Å²) < 4.78 is 5.04. The van der Waals surface area contributed by atoms with Crippen LogP contribution in [0, 0.1) is 5.41 Å². The first kappa shape index (κ1) is 4.76. The Morgan fingerprint density at radius 2 is 2.75 bits per heavy atom. The maximum atomic E-state index is 10.1. The fourth-order valence-electron chi connectivity index (χ4n) is 0.303. The minimum Gasteiger partial charge on any atom is -0.541 e. The van der Waals surface area contributed by atoms with E-state index < -0.39 is 5.95 Å². The predicted octanol–water partition coefficient (Wildman–Crippen LogP) is -1.51. The molecule has 1 heterocycles. The van der Waals surface area contributed by atoms with Gasteiger partial charge in [0.1, 0.15) is 12.1 Å². The van der Waals surface area contributed by atoms with Crippen LogP contribution in [0.3, 0.4) is 0 Å². The van der Waals surface area contributed by atoms with E-state index in [0.29, 0.717) is 0 Å². The lowest BCUT2D eigenvalue weighted by Gasteiger charge is -1.77. The molecule has 0 unspecified atom stereocenters. The van der Waals surface area contributed by atoms with Gasteiger partial charge in [-0.05, 0) is 5.27 Å². The Balaban J connectivity index is 3.00. The maximum Gasteiger partial charge on any atom is 0.303 e. The fraction of sp³-hybridized carbons (Fsp3) is 0. The molecule has 1 N–H and O–H groups in total. The van der Waals surface area contributed by atoms with Crippen molar-refractivity contribution in [3.63, 3.8) is 0 Å². The highest BCUT2D eigenvalue weighted by atomic mass is 16.6. The van der Waals surface area contributed by atoms with Crippen molar-refractivity contribution in [2.24, 2.45) is 0 Å². The first-order valence-electron chi connectivity index (χ1n) is 1.88. The molecule has 1 aromatic heterocycles. The molecule has 0 saturated heterocycles. The molecule has 5 heteroatoms. The number of rotatable bonds is 1. The molecule has 0 aliphatic carbocycles. The van der Waals surface area contributed by atoms with Gasteiger partial charge in [0.2, 0.25) is 0 Å². The number of nitrogens with one attached hydrogen (secondary N) is 1. The Kier molecular flexibility index (Phi) is 0.957. The Morgan fingerprint density at radius 3 is 3.00 bits per heavy atom. The summed E-state index contributed by atoms with van der Waals surface area (Å²) >= 11 is 0. The Bertz CT molecular complexity index is 194. The van der Waals surface area contributed by atoms with Gasteiger partial charge in [0, 0.05) is 0 Å². The van der Waals surface area contributed by atoms with E-state index in [1.54, 1.807) is 0 Å². The van der Waals surface area contributed by atoms with Crippen LogP contribution < -0.4 is 9.79 Å². The molecule has 0 aliphatic heterocycles. The summed E-state index contributed by atoms with van der Waals surface area (Å²) in [7, 11) is 0. The average Bonchev–Trinajstić information content (AvgIpc) is 2.14. The van der Waals surface area contributed by atoms with E-state index in [1.807, 2.05) is 0 Å². The van der Waals surface area contributed by atoms with Crippen molar-refractivity contribution in [3.05, 3.63) is 6.20 Å². The molecule has 42 valence electrons. The van der Waals surface area contributed by atoms with Crippen molar-refractivity contribution in [3.8, 4) is 5.95 Å². The van der Waals surface area contributed by atoms with Gasteiger partial charge in [-0.15, -0.1) is 5.41 Å². The van der Waals surface area contributed by atoms with Gasteiger partial charge in [0.15, 0.2) is 0 Å². The van der Waals surface area contributed by atoms with E-state index in [0.717, 1.165) is 17.2 Å². The SMILES string of the molecule is N=C[n+]1cc([O-])on1. The summed E-state index contributed by atoms with van der Waals surface area (Å²) in [5, 5.41) is 19.7. The van der Waals surface area contributed by atoms with Crippen LogP contribution in [0.5, 0.6) is 5.95 Å². The zero-order chi connectivity index (χ0) is 5.98. The van der Waals surface area contributed by atoms with Crippen LogP contribution in [0.2, 0.25) is 0 Å². The van der Waals surface area contributed by atoms with Crippen molar-refractivity contribution in [2.75, 3.05) is 0 Å². The zero-order valence-corrected chi connectivity index (χ0v) is 3.87. The summed E-state index contributed by atoms with van der Waals surface area (Å²) in [6.07, 6.45) is 1.93. The van der Waals surface area contributed by atoms with E-state index in [9.17, 15) is 5.11 Å². The number of aromatic nitrogens is 2. The molecular formula is C3H3N3O2. The van der Waals surface area contributed by atoms with E-state index >= 15 is 0 Å². The molecule has 0 fully saturated rings. The molecule has 0 spiro atoms.